The summed E-state index contributed by atoms with van der Waals surface area (Å²) < 4.78 is 3.62. The third kappa shape index (κ3) is 3.67. The summed E-state index contributed by atoms with van der Waals surface area (Å²) in [5.74, 6) is 0.913. The highest BCUT2D eigenvalue weighted by molar-refractivity contribution is 5.91. The van der Waals surface area contributed by atoms with Gasteiger partial charge in [-0.2, -0.15) is 0 Å². The van der Waals surface area contributed by atoms with Crippen LogP contribution in [0.25, 0.3) is 22.9 Å². The molecular formula is C23H20N8O. The van der Waals surface area contributed by atoms with Crippen LogP contribution in [0.4, 0.5) is 5.82 Å². The summed E-state index contributed by atoms with van der Waals surface area (Å²) in [7, 11) is 0. The lowest BCUT2D eigenvalue weighted by atomic mass is 10.3. The Morgan fingerprint density at radius 1 is 1.03 bits per heavy atom. The summed E-state index contributed by atoms with van der Waals surface area (Å²) in [6.07, 6.45) is 6.97. The number of hydrogen-bond donors (Lipinski definition) is 2. The minimum absolute atomic E-state index is 0.314. The molecule has 5 aromatic rings. The molecule has 32 heavy (non-hydrogen) atoms. The maximum atomic E-state index is 11.8. The molecule has 5 aromatic heterocycles. The maximum absolute atomic E-state index is 11.8. The SMILES string of the molecule is Cc1cccc(-c2nc(CNc3ccccn3)cn2-c2ccc3ncc(C(N)=O)n3c2)n1. The van der Waals surface area contributed by atoms with Crippen LogP contribution in [-0.4, -0.2) is 34.8 Å². The third-order valence-electron chi connectivity index (χ3n) is 5.01. The normalized spacial score (nSPS) is 11.0. The number of rotatable bonds is 6. The summed E-state index contributed by atoms with van der Waals surface area (Å²) in [4.78, 5) is 29.8. The van der Waals surface area contributed by atoms with Crippen LogP contribution in [0.5, 0.6) is 0 Å². The van der Waals surface area contributed by atoms with E-state index in [1.165, 1.54) is 6.20 Å². The van der Waals surface area contributed by atoms with E-state index in [4.69, 9.17) is 10.7 Å². The Balaban J connectivity index is 1.59. The molecule has 0 bridgehead atoms. The van der Waals surface area contributed by atoms with Crippen molar-refractivity contribution >= 4 is 17.4 Å². The summed E-state index contributed by atoms with van der Waals surface area (Å²) in [6, 6.07) is 15.3. The van der Waals surface area contributed by atoms with Crippen molar-refractivity contribution in [1.29, 1.82) is 0 Å². The number of nitrogens with one attached hydrogen (secondary N) is 1. The first-order valence-electron chi connectivity index (χ1n) is 10.0. The first-order chi connectivity index (χ1) is 15.6. The summed E-state index contributed by atoms with van der Waals surface area (Å²) in [6.45, 7) is 2.43. The molecule has 3 N–H and O–H groups in total. The minimum Gasteiger partial charge on any atom is -0.364 e. The molecule has 0 fully saturated rings. The van der Waals surface area contributed by atoms with Crippen LogP contribution >= 0.6 is 0 Å². The number of nitrogens with two attached hydrogens (primary N) is 1. The molecule has 0 radical (unpaired) electrons. The first-order valence-corrected chi connectivity index (χ1v) is 10.0. The lowest BCUT2D eigenvalue weighted by Gasteiger charge is -2.09. The number of primary amides is 1. The van der Waals surface area contributed by atoms with Crippen molar-refractivity contribution in [2.45, 2.75) is 13.5 Å². The van der Waals surface area contributed by atoms with Crippen molar-refractivity contribution in [2.75, 3.05) is 5.32 Å². The fourth-order valence-corrected chi connectivity index (χ4v) is 3.50. The number of carbonyl (C=O) groups is 1. The van der Waals surface area contributed by atoms with Gasteiger partial charge in [0.2, 0.25) is 0 Å². The quantitative estimate of drug-likeness (QED) is 0.433. The summed E-state index contributed by atoms with van der Waals surface area (Å²) >= 11 is 0. The monoisotopic (exact) mass is 424 g/mol. The molecular weight excluding hydrogens is 404 g/mol. The highest BCUT2D eigenvalue weighted by Gasteiger charge is 2.15. The second-order valence-electron chi connectivity index (χ2n) is 7.28. The van der Waals surface area contributed by atoms with Crippen LogP contribution in [0.2, 0.25) is 0 Å². The van der Waals surface area contributed by atoms with Crippen LogP contribution < -0.4 is 11.1 Å². The molecule has 0 saturated carbocycles. The highest BCUT2D eigenvalue weighted by atomic mass is 16.1. The number of pyridine rings is 3. The number of amides is 1. The summed E-state index contributed by atoms with van der Waals surface area (Å²) in [5, 5.41) is 3.28. The van der Waals surface area contributed by atoms with Gasteiger partial charge in [-0.1, -0.05) is 12.1 Å². The second-order valence-corrected chi connectivity index (χ2v) is 7.28. The van der Waals surface area contributed by atoms with E-state index in [-0.39, 0.29) is 0 Å². The number of nitrogens with zero attached hydrogens (tertiary/aromatic N) is 6. The van der Waals surface area contributed by atoms with Crippen LogP contribution in [0.15, 0.2) is 73.3 Å². The summed E-state index contributed by atoms with van der Waals surface area (Å²) in [5.41, 5.74) is 9.71. The van der Waals surface area contributed by atoms with Gasteiger partial charge in [0.25, 0.3) is 5.91 Å². The highest BCUT2D eigenvalue weighted by Crippen LogP contribution is 2.23. The molecule has 0 aromatic carbocycles. The van der Waals surface area contributed by atoms with Crippen LogP contribution in [-0.2, 0) is 6.54 Å². The second kappa shape index (κ2) is 7.95. The predicted molar refractivity (Wildman–Crippen MR) is 120 cm³/mol. The lowest BCUT2D eigenvalue weighted by molar-refractivity contribution is 0.0994. The minimum atomic E-state index is -0.541. The Morgan fingerprint density at radius 2 is 1.94 bits per heavy atom. The van der Waals surface area contributed by atoms with Crippen molar-refractivity contribution in [2.24, 2.45) is 5.73 Å². The van der Waals surface area contributed by atoms with Gasteiger partial charge in [0, 0.05) is 24.3 Å². The Kier molecular flexibility index (Phi) is 4.83. The van der Waals surface area contributed by atoms with Gasteiger partial charge in [0.1, 0.15) is 22.9 Å². The van der Waals surface area contributed by atoms with E-state index in [0.717, 1.165) is 28.6 Å². The van der Waals surface area contributed by atoms with E-state index >= 15 is 0 Å². The van der Waals surface area contributed by atoms with Gasteiger partial charge in [-0.25, -0.2) is 19.9 Å². The molecule has 1 amide bonds. The van der Waals surface area contributed by atoms with Gasteiger partial charge < -0.3 is 11.1 Å². The average Bonchev–Trinajstić information content (AvgIpc) is 3.42. The number of imidazole rings is 2. The molecule has 9 heteroatoms. The van der Waals surface area contributed by atoms with Gasteiger partial charge in [-0.15, -0.1) is 0 Å². The molecule has 0 atom stereocenters. The van der Waals surface area contributed by atoms with Gasteiger partial charge in [-0.05, 0) is 43.3 Å². The Morgan fingerprint density at radius 3 is 2.72 bits per heavy atom. The van der Waals surface area contributed by atoms with Gasteiger partial charge >= 0.3 is 0 Å². The topological polar surface area (TPSA) is 116 Å². The predicted octanol–water partition coefficient (Wildman–Crippen LogP) is 3.00. The zero-order valence-corrected chi connectivity index (χ0v) is 17.3. The van der Waals surface area contributed by atoms with Crippen molar-refractivity contribution in [3.05, 3.63) is 90.4 Å². The molecule has 5 heterocycles. The van der Waals surface area contributed by atoms with Gasteiger partial charge in [0.05, 0.1) is 24.1 Å². The van der Waals surface area contributed by atoms with Crippen LogP contribution in [0.3, 0.4) is 0 Å². The van der Waals surface area contributed by atoms with E-state index in [2.05, 4.69) is 20.3 Å². The van der Waals surface area contributed by atoms with Gasteiger partial charge in [0.15, 0.2) is 5.82 Å². The largest absolute Gasteiger partial charge is 0.364 e. The zero-order chi connectivity index (χ0) is 22.1. The first kappa shape index (κ1) is 19.4. The molecule has 0 aliphatic heterocycles. The fourth-order valence-electron chi connectivity index (χ4n) is 3.50. The standard InChI is InChI=1S/C23H20N8O/c1-15-5-4-6-18(28-15)23-29-16(11-26-20-7-2-3-10-25-20)13-30(23)17-8-9-21-27-12-19(22(24)32)31(21)14-17/h2-10,12-14H,11H2,1H3,(H2,24,32)(H,25,26). The van der Waals surface area contributed by atoms with Crippen LogP contribution in [0.1, 0.15) is 21.9 Å². The fraction of sp³-hybridized carbons (Fsp3) is 0.0870. The van der Waals surface area contributed by atoms with Crippen molar-refractivity contribution in [3.63, 3.8) is 0 Å². The molecule has 0 saturated heterocycles. The van der Waals surface area contributed by atoms with Crippen molar-refractivity contribution in [1.82, 2.24) is 28.9 Å². The van der Waals surface area contributed by atoms with Crippen molar-refractivity contribution < 1.29 is 4.79 Å². The Hall–Kier alpha value is -4.53. The van der Waals surface area contributed by atoms with Crippen LogP contribution in [0, 0.1) is 6.92 Å². The maximum Gasteiger partial charge on any atom is 0.267 e. The van der Waals surface area contributed by atoms with Crippen molar-refractivity contribution in [3.8, 4) is 17.2 Å². The van der Waals surface area contributed by atoms with E-state index in [9.17, 15) is 4.79 Å². The number of carbonyl (C=O) groups excluding carboxylic acids is 1. The molecule has 5 rings (SSSR count). The molecule has 0 aliphatic rings. The molecule has 0 unspecified atom stereocenters. The molecule has 158 valence electrons. The Labute approximate surface area is 183 Å². The zero-order valence-electron chi connectivity index (χ0n) is 17.3. The number of hydrogen-bond acceptors (Lipinski definition) is 6. The molecule has 9 nitrogen and oxygen atoms in total. The lowest BCUT2D eigenvalue weighted by Crippen LogP contribution is -2.13. The van der Waals surface area contributed by atoms with Gasteiger partial charge in [-0.3, -0.25) is 13.8 Å². The van der Waals surface area contributed by atoms with E-state index < -0.39 is 5.91 Å². The van der Waals surface area contributed by atoms with E-state index in [1.807, 2.05) is 72.4 Å². The third-order valence-corrected chi connectivity index (χ3v) is 5.01. The number of anilines is 1. The Bertz CT molecular complexity index is 1420. The molecule has 0 spiro atoms. The van der Waals surface area contributed by atoms with E-state index in [1.54, 1.807) is 10.6 Å². The molecule has 0 aliphatic carbocycles. The number of aryl methyl sites for hydroxylation is 1. The van der Waals surface area contributed by atoms with E-state index in [0.29, 0.717) is 23.7 Å². The smallest absolute Gasteiger partial charge is 0.267 e. The average molecular weight is 424 g/mol. The number of aromatic nitrogens is 6. The number of fused-ring (bicyclic) bond motifs is 1.